The van der Waals surface area contributed by atoms with Gasteiger partial charge in [-0.25, -0.2) is 17.8 Å². The number of aryl methyl sites for hydroxylation is 1. The second kappa shape index (κ2) is 10.7. The van der Waals surface area contributed by atoms with Gasteiger partial charge in [-0.1, -0.05) is 32.0 Å². The Hall–Kier alpha value is -3.64. The highest BCUT2D eigenvalue weighted by molar-refractivity contribution is 7.92. The molecule has 0 bridgehead atoms. The number of rotatable bonds is 9. The maximum Gasteiger partial charge on any atom is 0.258 e. The molecule has 1 unspecified atom stereocenters. The SMILES string of the molecule is CC(C)CS(=O)(=O)C(C(=O)NCC(=O)NC1CC1)c1nc2cc(F)c(-c3cn(C)c(=O)c4ccccc34)cc2s1. The smallest absolute Gasteiger partial charge is 0.258 e. The molecule has 0 spiro atoms. The number of nitrogens with one attached hydrogen (secondary N) is 2. The molecule has 9 nitrogen and oxygen atoms in total. The molecule has 2 amide bonds. The van der Waals surface area contributed by atoms with Crippen molar-refractivity contribution in [2.45, 2.75) is 38.0 Å². The summed E-state index contributed by atoms with van der Waals surface area (Å²) >= 11 is 0.986. The van der Waals surface area contributed by atoms with Crippen LogP contribution in [0.1, 0.15) is 36.9 Å². The molecule has 40 heavy (non-hydrogen) atoms. The Bertz CT molecular complexity index is 1810. The van der Waals surface area contributed by atoms with Crippen LogP contribution in [0.2, 0.25) is 0 Å². The summed E-state index contributed by atoms with van der Waals surface area (Å²) in [7, 11) is -2.43. The van der Waals surface area contributed by atoms with Crippen LogP contribution in [0.4, 0.5) is 4.39 Å². The first-order chi connectivity index (χ1) is 18.9. The zero-order chi connectivity index (χ0) is 28.8. The lowest BCUT2D eigenvalue weighted by atomic mass is 10.00. The number of sulfone groups is 1. The normalized spacial score (nSPS) is 14.5. The van der Waals surface area contributed by atoms with Crippen molar-refractivity contribution >= 4 is 54.0 Å². The topological polar surface area (TPSA) is 127 Å². The molecule has 2 heterocycles. The van der Waals surface area contributed by atoms with Gasteiger partial charge in [0.2, 0.25) is 11.8 Å². The van der Waals surface area contributed by atoms with Gasteiger partial charge in [0.05, 0.1) is 22.5 Å². The second-order valence-corrected chi connectivity index (χ2v) is 13.7. The third-order valence-corrected chi connectivity index (χ3v) is 10.1. The van der Waals surface area contributed by atoms with Gasteiger partial charge in [0.15, 0.2) is 15.1 Å². The van der Waals surface area contributed by atoms with E-state index in [1.807, 2.05) is 0 Å². The third-order valence-electron chi connectivity index (χ3n) is 6.63. The summed E-state index contributed by atoms with van der Waals surface area (Å²) in [4.78, 5) is 42.3. The molecule has 1 atom stereocenters. The van der Waals surface area contributed by atoms with Gasteiger partial charge in [0, 0.05) is 41.9 Å². The van der Waals surface area contributed by atoms with Gasteiger partial charge in [0.1, 0.15) is 10.8 Å². The molecular weight excluding hydrogens is 555 g/mol. The van der Waals surface area contributed by atoms with Crippen molar-refractivity contribution in [1.82, 2.24) is 20.2 Å². The van der Waals surface area contributed by atoms with Crippen molar-refractivity contribution in [3.8, 4) is 11.1 Å². The maximum absolute atomic E-state index is 15.5. The number of pyridine rings is 1. The molecule has 0 saturated heterocycles. The van der Waals surface area contributed by atoms with Crippen LogP contribution >= 0.6 is 11.3 Å². The van der Waals surface area contributed by atoms with Gasteiger partial charge in [-0.05, 0) is 36.3 Å². The van der Waals surface area contributed by atoms with Crippen molar-refractivity contribution in [1.29, 1.82) is 0 Å². The van der Waals surface area contributed by atoms with Gasteiger partial charge >= 0.3 is 0 Å². The second-order valence-electron chi connectivity index (χ2n) is 10.5. The number of halogens is 1. The Kier molecular flexibility index (Phi) is 7.49. The lowest BCUT2D eigenvalue weighted by Crippen LogP contribution is -2.42. The number of carbonyl (C=O) groups is 2. The van der Waals surface area contributed by atoms with Crippen molar-refractivity contribution in [2.24, 2.45) is 13.0 Å². The fraction of sp³-hybridized carbons (Fsp3) is 0.357. The van der Waals surface area contributed by atoms with E-state index < -0.39 is 32.7 Å². The van der Waals surface area contributed by atoms with E-state index in [-0.39, 0.29) is 45.9 Å². The molecule has 1 aliphatic rings. The molecule has 2 N–H and O–H groups in total. The molecule has 5 rings (SSSR count). The Morgan fingerprint density at radius 3 is 2.52 bits per heavy atom. The number of benzene rings is 2. The minimum Gasteiger partial charge on any atom is -0.352 e. The first-order valence-electron chi connectivity index (χ1n) is 12.9. The standard InChI is InChI=1S/C28H29FN4O5S2/c1-15(2)14-40(37,38)25(26(35)30-12-24(34)31-16-8-9-16)27-32-22-11-21(29)19(10-23(22)39-27)20-13-33(3)28(36)18-7-5-4-6-17(18)20/h4-7,10-11,13,15-16,25H,8-9,12,14H2,1-3H3,(H,30,35)(H,31,34). The Morgan fingerprint density at radius 1 is 1.15 bits per heavy atom. The van der Waals surface area contributed by atoms with Gasteiger partial charge in [-0.2, -0.15) is 0 Å². The predicted molar refractivity (Wildman–Crippen MR) is 153 cm³/mol. The summed E-state index contributed by atoms with van der Waals surface area (Å²) in [6.07, 6.45) is 3.32. The van der Waals surface area contributed by atoms with E-state index in [0.717, 1.165) is 24.2 Å². The van der Waals surface area contributed by atoms with Crippen LogP contribution in [0.15, 0.2) is 47.4 Å². The number of amides is 2. The fourth-order valence-electron chi connectivity index (χ4n) is 4.67. The maximum atomic E-state index is 15.5. The highest BCUT2D eigenvalue weighted by Crippen LogP contribution is 2.37. The lowest BCUT2D eigenvalue weighted by Gasteiger charge is -2.16. The Balaban J connectivity index is 1.56. The van der Waals surface area contributed by atoms with Crippen LogP contribution in [-0.2, 0) is 26.5 Å². The van der Waals surface area contributed by atoms with Crippen LogP contribution in [-0.4, -0.2) is 48.1 Å². The van der Waals surface area contributed by atoms with Gasteiger partial charge in [-0.3, -0.25) is 14.4 Å². The Labute approximate surface area is 234 Å². The van der Waals surface area contributed by atoms with Gasteiger partial charge < -0.3 is 15.2 Å². The number of aromatic nitrogens is 2. The molecule has 0 aliphatic heterocycles. The van der Waals surface area contributed by atoms with Crippen molar-refractivity contribution in [3.05, 3.63) is 63.8 Å². The minimum absolute atomic E-state index is 0.00220. The highest BCUT2D eigenvalue weighted by Gasteiger charge is 2.38. The number of hydrogen-bond donors (Lipinski definition) is 2. The largest absolute Gasteiger partial charge is 0.352 e. The average molecular weight is 585 g/mol. The van der Waals surface area contributed by atoms with E-state index >= 15 is 4.39 Å². The summed E-state index contributed by atoms with van der Waals surface area (Å²) in [5, 5.41) is 4.57. The molecular formula is C28H29FN4O5S2. The van der Waals surface area contributed by atoms with E-state index in [4.69, 9.17) is 0 Å². The van der Waals surface area contributed by atoms with Crippen molar-refractivity contribution < 1.29 is 22.4 Å². The van der Waals surface area contributed by atoms with Crippen LogP contribution in [0.3, 0.4) is 0 Å². The average Bonchev–Trinajstić information content (AvgIpc) is 3.61. The Morgan fingerprint density at radius 2 is 1.85 bits per heavy atom. The summed E-state index contributed by atoms with van der Waals surface area (Å²) in [6, 6.07) is 9.79. The monoisotopic (exact) mass is 584 g/mol. The first-order valence-corrected chi connectivity index (χ1v) is 15.4. The van der Waals surface area contributed by atoms with E-state index in [9.17, 15) is 22.8 Å². The van der Waals surface area contributed by atoms with E-state index in [2.05, 4.69) is 15.6 Å². The molecule has 2 aromatic carbocycles. The molecule has 210 valence electrons. The third kappa shape index (κ3) is 5.64. The molecule has 12 heteroatoms. The zero-order valence-corrected chi connectivity index (χ0v) is 23.9. The van der Waals surface area contributed by atoms with Crippen molar-refractivity contribution in [3.63, 3.8) is 0 Å². The number of nitrogens with zero attached hydrogens (tertiary/aromatic N) is 2. The quantitative estimate of drug-likeness (QED) is 0.310. The van der Waals surface area contributed by atoms with Gasteiger partial charge in [0.25, 0.3) is 5.56 Å². The molecule has 1 fully saturated rings. The highest BCUT2D eigenvalue weighted by atomic mass is 32.2. The van der Waals surface area contributed by atoms with Crippen LogP contribution in [0.25, 0.3) is 32.1 Å². The fourth-order valence-corrected chi connectivity index (χ4v) is 8.12. The van der Waals surface area contributed by atoms with Gasteiger partial charge in [-0.15, -0.1) is 11.3 Å². The number of thiazole rings is 1. The molecule has 4 aromatic rings. The number of hydrogen-bond acceptors (Lipinski definition) is 7. The number of carbonyl (C=O) groups excluding carboxylic acids is 2. The predicted octanol–water partition coefficient (Wildman–Crippen LogP) is 3.46. The summed E-state index contributed by atoms with van der Waals surface area (Å²) in [5.74, 6) is -2.36. The van der Waals surface area contributed by atoms with Crippen molar-refractivity contribution in [2.75, 3.05) is 12.3 Å². The minimum atomic E-state index is -4.02. The molecule has 1 saturated carbocycles. The zero-order valence-electron chi connectivity index (χ0n) is 22.2. The first kappa shape index (κ1) is 27.9. The summed E-state index contributed by atoms with van der Waals surface area (Å²) < 4.78 is 44.1. The summed E-state index contributed by atoms with van der Waals surface area (Å²) in [5.41, 5.74) is 0.711. The molecule has 0 radical (unpaired) electrons. The van der Waals surface area contributed by atoms with E-state index in [1.165, 1.54) is 10.6 Å². The molecule has 1 aliphatic carbocycles. The number of fused-ring (bicyclic) bond motifs is 2. The van der Waals surface area contributed by atoms with Crippen LogP contribution < -0.4 is 16.2 Å². The van der Waals surface area contributed by atoms with Crippen LogP contribution in [0.5, 0.6) is 0 Å². The summed E-state index contributed by atoms with van der Waals surface area (Å²) in [6.45, 7) is 3.10. The van der Waals surface area contributed by atoms with E-state index in [1.54, 1.807) is 57.4 Å². The van der Waals surface area contributed by atoms with Crippen LogP contribution in [0, 0.1) is 11.7 Å². The molecule has 2 aromatic heterocycles. The van der Waals surface area contributed by atoms with E-state index in [0.29, 0.717) is 21.0 Å². The lowest BCUT2D eigenvalue weighted by molar-refractivity contribution is -0.126.